The molecule has 0 heterocycles. The summed E-state index contributed by atoms with van der Waals surface area (Å²) in [5, 5.41) is 0.724. The van der Waals surface area contributed by atoms with Crippen LogP contribution in [0.4, 0.5) is 0 Å². The van der Waals surface area contributed by atoms with E-state index in [-0.39, 0.29) is 23.5 Å². The van der Waals surface area contributed by atoms with Gasteiger partial charge >= 0.3 is 0 Å². The Bertz CT molecular complexity index is 813. The fourth-order valence-electron chi connectivity index (χ4n) is 2.49. The van der Waals surface area contributed by atoms with Gasteiger partial charge in [-0.2, -0.15) is 0 Å². The molecule has 0 unspecified atom stereocenters. The SMILES string of the molecule is O=C(COCCCCCOc1c(Cl)cc(OCC=C(Cl)Cl)cc1Cl)c1ccccc1. The van der Waals surface area contributed by atoms with Gasteiger partial charge in [0.2, 0.25) is 0 Å². The van der Waals surface area contributed by atoms with E-state index in [1.54, 1.807) is 24.3 Å². The van der Waals surface area contributed by atoms with Crippen molar-refractivity contribution in [1.82, 2.24) is 0 Å². The van der Waals surface area contributed by atoms with Crippen LogP contribution in [0.5, 0.6) is 11.5 Å². The zero-order valence-corrected chi connectivity index (χ0v) is 19.2. The van der Waals surface area contributed by atoms with Crippen molar-refractivity contribution in [1.29, 1.82) is 0 Å². The van der Waals surface area contributed by atoms with E-state index in [1.807, 2.05) is 18.2 Å². The smallest absolute Gasteiger partial charge is 0.188 e. The van der Waals surface area contributed by atoms with Gasteiger partial charge in [0.1, 0.15) is 23.5 Å². The van der Waals surface area contributed by atoms with Crippen LogP contribution in [-0.4, -0.2) is 32.2 Å². The molecule has 0 atom stereocenters. The van der Waals surface area contributed by atoms with Crippen molar-refractivity contribution in [3.05, 3.63) is 68.6 Å². The topological polar surface area (TPSA) is 44.8 Å². The number of rotatable bonds is 13. The predicted molar refractivity (Wildman–Crippen MR) is 123 cm³/mol. The second-order valence-electron chi connectivity index (χ2n) is 6.27. The highest BCUT2D eigenvalue weighted by Crippen LogP contribution is 2.37. The summed E-state index contributed by atoms with van der Waals surface area (Å²) in [6.45, 7) is 1.28. The molecule has 0 radical (unpaired) electrons. The summed E-state index contributed by atoms with van der Waals surface area (Å²) in [5.41, 5.74) is 0.662. The lowest BCUT2D eigenvalue weighted by atomic mass is 10.1. The molecule has 0 saturated heterocycles. The quantitative estimate of drug-likeness (QED) is 0.220. The highest BCUT2D eigenvalue weighted by atomic mass is 35.5. The number of ketones is 1. The highest BCUT2D eigenvalue weighted by Gasteiger charge is 2.11. The molecule has 0 aliphatic rings. The molecular formula is C22H22Cl4O4. The molecule has 2 aromatic rings. The molecule has 0 spiro atoms. The number of hydrogen-bond donors (Lipinski definition) is 0. The number of Topliss-reactive ketones (excluding diaryl/α,β-unsaturated/α-hetero) is 1. The van der Waals surface area contributed by atoms with Gasteiger partial charge in [-0.05, 0) is 25.3 Å². The minimum absolute atomic E-state index is 0.0163. The summed E-state index contributed by atoms with van der Waals surface area (Å²) in [5.74, 6) is 0.893. The number of ether oxygens (including phenoxy) is 3. The minimum atomic E-state index is -0.0163. The summed E-state index contributed by atoms with van der Waals surface area (Å²) in [7, 11) is 0. The molecular weight excluding hydrogens is 470 g/mol. The Labute approximate surface area is 196 Å². The van der Waals surface area contributed by atoms with E-state index < -0.39 is 0 Å². The molecule has 162 valence electrons. The lowest BCUT2D eigenvalue weighted by molar-refractivity contribution is 0.0751. The third kappa shape index (κ3) is 9.15. The van der Waals surface area contributed by atoms with Crippen LogP contribution in [0.2, 0.25) is 10.0 Å². The predicted octanol–water partition coefficient (Wildman–Crippen LogP) is 7.14. The molecule has 0 bridgehead atoms. The number of halogens is 4. The number of benzene rings is 2. The molecule has 0 amide bonds. The zero-order valence-electron chi connectivity index (χ0n) is 16.2. The number of unbranched alkanes of at least 4 members (excludes halogenated alkanes) is 2. The van der Waals surface area contributed by atoms with Crippen molar-refractivity contribution >= 4 is 52.2 Å². The van der Waals surface area contributed by atoms with E-state index >= 15 is 0 Å². The summed E-state index contributed by atoms with van der Waals surface area (Å²) < 4.78 is 16.7. The Hall–Kier alpha value is -1.43. The van der Waals surface area contributed by atoms with Gasteiger partial charge in [0.05, 0.1) is 16.7 Å². The Balaban J connectivity index is 1.62. The van der Waals surface area contributed by atoms with Crippen LogP contribution in [0.25, 0.3) is 0 Å². The van der Waals surface area contributed by atoms with E-state index in [0.717, 1.165) is 19.3 Å². The van der Waals surface area contributed by atoms with E-state index in [1.165, 1.54) is 6.08 Å². The fraction of sp³-hybridized carbons (Fsp3) is 0.318. The number of carbonyl (C=O) groups is 1. The first kappa shape index (κ1) is 24.8. The third-order valence-electron chi connectivity index (χ3n) is 3.97. The standard InChI is InChI=1S/C22H22Cl4O4/c23-18-13-17(29-12-9-21(25)26)14-19(24)22(18)30-11-6-2-5-10-28-15-20(27)16-7-3-1-4-8-16/h1,3-4,7-9,13-14H,2,5-6,10-12,15H2. The Morgan fingerprint density at radius 2 is 1.57 bits per heavy atom. The molecule has 0 aromatic heterocycles. The fourth-order valence-corrected chi connectivity index (χ4v) is 3.19. The summed E-state index contributed by atoms with van der Waals surface area (Å²) in [6.07, 6.45) is 4.04. The van der Waals surface area contributed by atoms with Crippen molar-refractivity contribution in [3.63, 3.8) is 0 Å². The van der Waals surface area contributed by atoms with Crippen molar-refractivity contribution in [3.8, 4) is 11.5 Å². The highest BCUT2D eigenvalue weighted by molar-refractivity contribution is 6.55. The maximum Gasteiger partial charge on any atom is 0.188 e. The van der Waals surface area contributed by atoms with Gasteiger partial charge in [-0.25, -0.2) is 0 Å². The summed E-state index contributed by atoms with van der Waals surface area (Å²) in [4.78, 5) is 11.9. The van der Waals surface area contributed by atoms with E-state index in [4.69, 9.17) is 60.6 Å². The Morgan fingerprint density at radius 3 is 2.23 bits per heavy atom. The van der Waals surface area contributed by atoms with Crippen molar-refractivity contribution < 1.29 is 19.0 Å². The van der Waals surface area contributed by atoms with Gasteiger partial charge in [-0.3, -0.25) is 4.79 Å². The molecule has 0 N–H and O–H groups in total. The lowest BCUT2D eigenvalue weighted by Crippen LogP contribution is -2.09. The molecule has 2 rings (SSSR count). The van der Waals surface area contributed by atoms with Crippen LogP contribution >= 0.6 is 46.4 Å². The summed E-state index contributed by atoms with van der Waals surface area (Å²) in [6, 6.07) is 12.4. The molecule has 2 aromatic carbocycles. The van der Waals surface area contributed by atoms with Gasteiger partial charge in [0.15, 0.2) is 11.5 Å². The van der Waals surface area contributed by atoms with Gasteiger partial charge in [0, 0.05) is 24.3 Å². The average molecular weight is 492 g/mol. The number of carbonyl (C=O) groups excluding carboxylic acids is 1. The first-order valence-corrected chi connectivity index (χ1v) is 10.9. The Kier molecular flexibility index (Phi) is 11.4. The number of hydrogen-bond acceptors (Lipinski definition) is 4. The average Bonchev–Trinajstić information content (AvgIpc) is 2.71. The third-order valence-corrected chi connectivity index (χ3v) is 4.84. The molecule has 0 fully saturated rings. The van der Waals surface area contributed by atoms with E-state index in [2.05, 4.69) is 0 Å². The van der Waals surface area contributed by atoms with Crippen molar-refractivity contribution in [2.45, 2.75) is 19.3 Å². The van der Waals surface area contributed by atoms with Gasteiger partial charge < -0.3 is 14.2 Å². The minimum Gasteiger partial charge on any atom is -0.490 e. The second-order valence-corrected chi connectivity index (χ2v) is 8.09. The molecule has 30 heavy (non-hydrogen) atoms. The molecule has 8 heteroatoms. The molecule has 0 saturated carbocycles. The largest absolute Gasteiger partial charge is 0.490 e. The first-order valence-electron chi connectivity index (χ1n) is 9.39. The van der Waals surface area contributed by atoms with Crippen LogP contribution in [-0.2, 0) is 4.74 Å². The van der Waals surface area contributed by atoms with Gasteiger partial charge in [-0.1, -0.05) is 76.7 Å². The van der Waals surface area contributed by atoms with Crippen LogP contribution in [0.1, 0.15) is 29.6 Å². The van der Waals surface area contributed by atoms with Crippen LogP contribution in [0.15, 0.2) is 53.0 Å². The second kappa shape index (κ2) is 13.8. The van der Waals surface area contributed by atoms with Gasteiger partial charge in [0.25, 0.3) is 0 Å². The maximum absolute atomic E-state index is 11.9. The van der Waals surface area contributed by atoms with Gasteiger partial charge in [-0.15, -0.1) is 0 Å². The zero-order chi connectivity index (χ0) is 21.8. The Morgan fingerprint density at radius 1 is 0.900 bits per heavy atom. The van der Waals surface area contributed by atoms with Crippen LogP contribution in [0, 0.1) is 0 Å². The lowest BCUT2D eigenvalue weighted by Gasteiger charge is -2.12. The van der Waals surface area contributed by atoms with Crippen LogP contribution < -0.4 is 9.47 Å². The summed E-state index contributed by atoms with van der Waals surface area (Å²) >= 11 is 23.5. The monoisotopic (exact) mass is 490 g/mol. The van der Waals surface area contributed by atoms with E-state index in [9.17, 15) is 4.79 Å². The van der Waals surface area contributed by atoms with Crippen molar-refractivity contribution in [2.75, 3.05) is 26.4 Å². The first-order chi connectivity index (χ1) is 14.5. The molecule has 0 aliphatic carbocycles. The molecule has 0 aliphatic heterocycles. The van der Waals surface area contributed by atoms with Crippen LogP contribution in [0.3, 0.4) is 0 Å². The van der Waals surface area contributed by atoms with Crippen molar-refractivity contribution in [2.24, 2.45) is 0 Å². The van der Waals surface area contributed by atoms with E-state index in [0.29, 0.717) is 40.3 Å². The normalized spacial score (nSPS) is 10.5. The maximum atomic E-state index is 11.9. The molecule has 4 nitrogen and oxygen atoms in total.